The van der Waals surface area contributed by atoms with E-state index >= 15 is 0 Å². The molecule has 272 valence electrons. The quantitative estimate of drug-likeness (QED) is 0.110. The molecule has 0 saturated carbocycles. The summed E-state index contributed by atoms with van der Waals surface area (Å²) < 4.78 is 42.2. The number of methoxy groups -OCH3 is 1. The van der Waals surface area contributed by atoms with Gasteiger partial charge in [-0.2, -0.15) is 4.98 Å². The highest BCUT2D eigenvalue weighted by atomic mass is 32.2. The SMILES string of the molecule is CCN(C(=O)OOc1nc(-c2ccnc(-c3nnn[nH]3)c2)nc(NS(=O)(=O)c2ccc(C(C)(C)C)cc2)c1Oc1ccccc1OC)c1ccccn1. The fourth-order valence-electron chi connectivity index (χ4n) is 4.89. The van der Waals surface area contributed by atoms with Gasteiger partial charge in [0.15, 0.2) is 29.0 Å². The lowest BCUT2D eigenvalue weighted by atomic mass is 9.87. The van der Waals surface area contributed by atoms with Crippen LogP contribution < -0.4 is 24.0 Å². The number of tetrazole rings is 1. The predicted molar refractivity (Wildman–Crippen MR) is 192 cm³/mol. The standard InChI is InChI=1S/C35H34N10O7S/c1-6-45(28-13-9-10-19-37-28)34(46)52-51-33-29(50-27-12-8-7-11-26(27)49-5)32(42-53(47,48)24-16-14-23(15-17-24)35(2,3)4)38-30(39-33)22-18-20-36-25(21-22)31-40-43-44-41-31/h7-21H,6H2,1-5H3,(H,38,39,42)(H,40,41,43,44). The van der Waals surface area contributed by atoms with Gasteiger partial charge in [0, 0.05) is 24.5 Å². The van der Waals surface area contributed by atoms with E-state index in [-0.39, 0.29) is 51.6 Å². The van der Waals surface area contributed by atoms with Gasteiger partial charge >= 0.3 is 12.0 Å². The molecular weight excluding hydrogens is 705 g/mol. The lowest BCUT2D eigenvalue weighted by molar-refractivity contribution is -0.144. The van der Waals surface area contributed by atoms with E-state index in [1.54, 1.807) is 73.7 Å². The molecular formula is C35H34N10O7S. The second-order valence-electron chi connectivity index (χ2n) is 12.2. The summed E-state index contributed by atoms with van der Waals surface area (Å²) in [7, 11) is -2.89. The molecule has 0 spiro atoms. The van der Waals surface area contributed by atoms with Crippen molar-refractivity contribution >= 4 is 27.8 Å². The van der Waals surface area contributed by atoms with E-state index in [1.165, 1.54) is 36.5 Å². The second kappa shape index (κ2) is 15.3. The predicted octanol–water partition coefficient (Wildman–Crippen LogP) is 5.97. The summed E-state index contributed by atoms with van der Waals surface area (Å²) in [6, 6.07) is 21.2. The molecule has 6 rings (SSSR count). The van der Waals surface area contributed by atoms with Crippen molar-refractivity contribution in [2.24, 2.45) is 0 Å². The fraction of sp³-hybridized carbons (Fsp3) is 0.200. The van der Waals surface area contributed by atoms with Crippen molar-refractivity contribution in [2.45, 2.75) is 38.0 Å². The van der Waals surface area contributed by atoms with Gasteiger partial charge in [-0.1, -0.05) is 51.1 Å². The molecule has 53 heavy (non-hydrogen) atoms. The van der Waals surface area contributed by atoms with E-state index in [1.807, 2.05) is 20.8 Å². The number of aromatic nitrogens is 8. The highest BCUT2D eigenvalue weighted by Gasteiger charge is 2.28. The fourth-order valence-corrected chi connectivity index (χ4v) is 5.90. The van der Waals surface area contributed by atoms with Crippen molar-refractivity contribution in [1.82, 2.24) is 40.6 Å². The zero-order valence-corrected chi connectivity index (χ0v) is 30.0. The number of para-hydroxylation sites is 2. The van der Waals surface area contributed by atoms with Crippen LogP contribution in [0.2, 0.25) is 0 Å². The Morgan fingerprint density at radius 1 is 0.925 bits per heavy atom. The molecule has 0 aliphatic rings. The van der Waals surface area contributed by atoms with Gasteiger partial charge in [-0.05, 0) is 76.9 Å². The van der Waals surface area contributed by atoms with Crippen LogP contribution in [0.3, 0.4) is 0 Å². The molecule has 0 atom stereocenters. The molecule has 0 bridgehead atoms. The number of ether oxygens (including phenoxy) is 2. The average molecular weight is 739 g/mol. The maximum Gasteiger partial charge on any atom is 0.458 e. The summed E-state index contributed by atoms with van der Waals surface area (Å²) in [6.07, 6.45) is 2.04. The van der Waals surface area contributed by atoms with Crippen LogP contribution in [0.1, 0.15) is 33.3 Å². The molecule has 0 aliphatic carbocycles. The third-order valence-electron chi connectivity index (χ3n) is 7.64. The lowest BCUT2D eigenvalue weighted by Crippen LogP contribution is -2.33. The third-order valence-corrected chi connectivity index (χ3v) is 8.99. The number of amides is 1. The van der Waals surface area contributed by atoms with Crippen molar-refractivity contribution in [3.8, 4) is 46.0 Å². The van der Waals surface area contributed by atoms with Gasteiger partial charge in [0.1, 0.15) is 11.5 Å². The monoisotopic (exact) mass is 738 g/mol. The summed E-state index contributed by atoms with van der Waals surface area (Å²) in [5.41, 5.74) is 1.38. The number of nitrogens with one attached hydrogen (secondary N) is 2. The molecule has 2 N–H and O–H groups in total. The van der Waals surface area contributed by atoms with Crippen molar-refractivity contribution < 1.29 is 32.5 Å². The van der Waals surface area contributed by atoms with Crippen LogP contribution in [0.4, 0.5) is 16.4 Å². The van der Waals surface area contributed by atoms with Crippen LogP contribution >= 0.6 is 0 Å². The number of pyridine rings is 2. The van der Waals surface area contributed by atoms with Gasteiger partial charge in [-0.25, -0.2) is 33.2 Å². The zero-order chi connectivity index (χ0) is 37.6. The Hall–Kier alpha value is -6.69. The second-order valence-corrected chi connectivity index (χ2v) is 13.9. The number of anilines is 2. The molecule has 1 amide bonds. The van der Waals surface area contributed by atoms with Crippen LogP contribution in [-0.4, -0.2) is 68.7 Å². The highest BCUT2D eigenvalue weighted by Crippen LogP contribution is 2.42. The maximum atomic E-state index is 14.0. The normalized spacial score (nSPS) is 11.4. The summed E-state index contributed by atoms with van der Waals surface area (Å²) in [5.74, 6) is -0.261. The Bertz CT molecular complexity index is 2300. The molecule has 6 aromatic rings. The van der Waals surface area contributed by atoms with E-state index in [2.05, 4.69) is 45.3 Å². The third kappa shape index (κ3) is 8.28. The van der Waals surface area contributed by atoms with Crippen LogP contribution in [0.5, 0.6) is 23.1 Å². The number of nitrogens with zero attached hydrogens (tertiary/aromatic N) is 8. The van der Waals surface area contributed by atoms with Crippen molar-refractivity contribution in [1.29, 1.82) is 0 Å². The minimum atomic E-state index is -4.33. The Morgan fingerprint density at radius 3 is 2.34 bits per heavy atom. The van der Waals surface area contributed by atoms with Crippen molar-refractivity contribution in [3.05, 3.63) is 96.8 Å². The first-order valence-corrected chi connectivity index (χ1v) is 17.6. The first-order chi connectivity index (χ1) is 25.5. The first kappa shape index (κ1) is 36.1. The van der Waals surface area contributed by atoms with Gasteiger partial charge < -0.3 is 9.47 Å². The number of H-pyrrole nitrogens is 1. The smallest absolute Gasteiger partial charge is 0.458 e. The molecule has 4 heterocycles. The molecule has 0 fully saturated rings. The number of benzene rings is 2. The lowest BCUT2D eigenvalue weighted by Gasteiger charge is -2.20. The zero-order valence-electron chi connectivity index (χ0n) is 29.2. The molecule has 4 aromatic heterocycles. The van der Waals surface area contributed by atoms with E-state index in [0.29, 0.717) is 17.1 Å². The molecule has 0 radical (unpaired) electrons. The number of aromatic amines is 1. The summed E-state index contributed by atoms with van der Waals surface area (Å²) in [5, 5.41) is 13.7. The van der Waals surface area contributed by atoms with Gasteiger partial charge in [0.2, 0.25) is 5.75 Å². The van der Waals surface area contributed by atoms with Gasteiger partial charge in [0.25, 0.3) is 10.0 Å². The Morgan fingerprint density at radius 2 is 1.68 bits per heavy atom. The number of hydrogen-bond donors (Lipinski definition) is 2. The molecule has 18 heteroatoms. The highest BCUT2D eigenvalue weighted by molar-refractivity contribution is 7.92. The van der Waals surface area contributed by atoms with E-state index < -0.39 is 22.0 Å². The number of carbonyl (C=O) groups is 1. The summed E-state index contributed by atoms with van der Waals surface area (Å²) in [6.45, 7) is 7.96. The van der Waals surface area contributed by atoms with E-state index in [4.69, 9.17) is 19.2 Å². The first-order valence-electron chi connectivity index (χ1n) is 16.1. The maximum absolute atomic E-state index is 14.0. The van der Waals surface area contributed by atoms with Gasteiger partial charge in [-0.3, -0.25) is 19.5 Å². The minimum absolute atomic E-state index is 0.0548. The Labute approximate surface area is 304 Å². The Kier molecular flexibility index (Phi) is 10.4. The molecule has 0 aliphatic heterocycles. The largest absolute Gasteiger partial charge is 0.493 e. The summed E-state index contributed by atoms with van der Waals surface area (Å²) in [4.78, 5) is 43.0. The number of rotatable bonds is 12. The van der Waals surface area contributed by atoms with Crippen LogP contribution in [0.15, 0.2) is 96.2 Å². The molecule has 0 unspecified atom stereocenters. The van der Waals surface area contributed by atoms with Gasteiger partial charge in [-0.15, -0.1) is 5.10 Å². The van der Waals surface area contributed by atoms with Crippen LogP contribution in [-0.2, 0) is 20.3 Å². The van der Waals surface area contributed by atoms with Crippen molar-refractivity contribution in [3.63, 3.8) is 0 Å². The van der Waals surface area contributed by atoms with Gasteiger partial charge in [0.05, 0.1) is 12.0 Å². The minimum Gasteiger partial charge on any atom is -0.493 e. The molecule has 2 aromatic carbocycles. The number of sulfonamides is 1. The average Bonchev–Trinajstić information content (AvgIpc) is 3.71. The topological polar surface area (TPSA) is 209 Å². The number of carbonyl (C=O) groups excluding carboxylic acids is 1. The van der Waals surface area contributed by atoms with Crippen LogP contribution in [0, 0.1) is 0 Å². The Balaban J connectivity index is 1.48. The van der Waals surface area contributed by atoms with Crippen molar-refractivity contribution in [2.75, 3.05) is 23.3 Å². The van der Waals surface area contributed by atoms with Crippen LogP contribution in [0.25, 0.3) is 22.9 Å². The molecule has 17 nitrogen and oxygen atoms in total. The summed E-state index contributed by atoms with van der Waals surface area (Å²) >= 11 is 0. The van der Waals surface area contributed by atoms with E-state index in [9.17, 15) is 13.2 Å². The number of hydrogen-bond acceptors (Lipinski definition) is 14. The van der Waals surface area contributed by atoms with E-state index in [0.717, 1.165) is 5.56 Å². The molecule has 0 saturated heterocycles.